The van der Waals surface area contributed by atoms with E-state index in [-0.39, 0.29) is 0 Å². The molecular weight excluding hydrogens is 248 g/mol. The molecule has 2 N–H and O–H groups in total. The SMILES string of the molecule is Cc1ccc(S(=O)(=O)NCC2CCNC2)cc1C. The summed E-state index contributed by atoms with van der Waals surface area (Å²) in [7, 11) is -3.36. The van der Waals surface area contributed by atoms with Gasteiger partial charge in [-0.15, -0.1) is 0 Å². The van der Waals surface area contributed by atoms with E-state index in [1.165, 1.54) is 0 Å². The quantitative estimate of drug-likeness (QED) is 0.862. The standard InChI is InChI=1S/C13H20N2O2S/c1-10-3-4-13(7-11(10)2)18(16,17)15-9-12-5-6-14-8-12/h3-4,7,12,14-15H,5-6,8-9H2,1-2H3. The molecule has 0 aliphatic carbocycles. The molecule has 0 aromatic heterocycles. The molecule has 2 rings (SSSR count). The van der Waals surface area contributed by atoms with Gasteiger partial charge in [0.15, 0.2) is 0 Å². The van der Waals surface area contributed by atoms with Crippen LogP contribution in [0.2, 0.25) is 0 Å². The van der Waals surface area contributed by atoms with Crippen LogP contribution in [0.25, 0.3) is 0 Å². The van der Waals surface area contributed by atoms with Crippen LogP contribution in [0.3, 0.4) is 0 Å². The van der Waals surface area contributed by atoms with E-state index in [9.17, 15) is 8.42 Å². The lowest BCUT2D eigenvalue weighted by molar-refractivity contribution is 0.538. The molecule has 18 heavy (non-hydrogen) atoms. The molecule has 4 nitrogen and oxygen atoms in total. The van der Waals surface area contributed by atoms with E-state index in [0.29, 0.717) is 17.4 Å². The highest BCUT2D eigenvalue weighted by Gasteiger charge is 2.19. The Bertz CT molecular complexity index is 520. The van der Waals surface area contributed by atoms with Crippen LogP contribution in [0.5, 0.6) is 0 Å². The molecule has 1 atom stereocenters. The Labute approximate surface area is 109 Å². The first-order valence-electron chi connectivity index (χ1n) is 6.27. The zero-order valence-electron chi connectivity index (χ0n) is 10.9. The maximum atomic E-state index is 12.1. The zero-order chi connectivity index (χ0) is 13.2. The van der Waals surface area contributed by atoms with Gasteiger partial charge in [0, 0.05) is 6.54 Å². The molecule has 0 amide bonds. The zero-order valence-corrected chi connectivity index (χ0v) is 11.7. The van der Waals surface area contributed by atoms with Crippen molar-refractivity contribution < 1.29 is 8.42 Å². The summed E-state index contributed by atoms with van der Waals surface area (Å²) in [5.41, 5.74) is 2.11. The van der Waals surface area contributed by atoms with Gasteiger partial charge in [-0.1, -0.05) is 6.07 Å². The lowest BCUT2D eigenvalue weighted by Gasteiger charge is -2.11. The molecule has 5 heteroatoms. The van der Waals surface area contributed by atoms with Crippen molar-refractivity contribution in [1.82, 2.24) is 10.0 Å². The first kappa shape index (κ1) is 13.5. The maximum absolute atomic E-state index is 12.1. The number of aryl methyl sites for hydroxylation is 2. The third kappa shape index (κ3) is 3.10. The third-order valence-electron chi connectivity index (χ3n) is 3.51. The van der Waals surface area contributed by atoms with E-state index in [4.69, 9.17) is 0 Å². The Kier molecular flexibility index (Phi) is 4.04. The minimum absolute atomic E-state index is 0.358. The molecule has 1 aromatic carbocycles. The Morgan fingerprint density at radius 1 is 1.33 bits per heavy atom. The van der Waals surface area contributed by atoms with Crippen molar-refractivity contribution >= 4 is 10.0 Å². The summed E-state index contributed by atoms with van der Waals surface area (Å²) in [6.07, 6.45) is 1.04. The monoisotopic (exact) mass is 268 g/mol. The van der Waals surface area contributed by atoms with Crippen molar-refractivity contribution in [2.75, 3.05) is 19.6 Å². The molecule has 0 radical (unpaired) electrons. The number of hydrogen-bond donors (Lipinski definition) is 2. The van der Waals surface area contributed by atoms with Crippen molar-refractivity contribution in [2.45, 2.75) is 25.2 Å². The Morgan fingerprint density at radius 3 is 2.72 bits per heavy atom. The molecule has 0 bridgehead atoms. The van der Waals surface area contributed by atoms with Gasteiger partial charge in [0.05, 0.1) is 4.90 Å². The fourth-order valence-electron chi connectivity index (χ4n) is 2.08. The van der Waals surface area contributed by atoms with E-state index in [1.54, 1.807) is 12.1 Å². The van der Waals surface area contributed by atoms with Gasteiger partial charge in [-0.25, -0.2) is 13.1 Å². The molecular formula is C13H20N2O2S. The lowest BCUT2D eigenvalue weighted by Crippen LogP contribution is -2.30. The minimum atomic E-state index is -3.36. The summed E-state index contributed by atoms with van der Waals surface area (Å²) in [4.78, 5) is 0.358. The second-order valence-corrected chi connectivity index (χ2v) is 6.72. The second kappa shape index (κ2) is 5.38. The van der Waals surface area contributed by atoms with E-state index in [1.807, 2.05) is 19.9 Å². The molecule has 100 valence electrons. The van der Waals surface area contributed by atoms with Gasteiger partial charge in [0.1, 0.15) is 0 Å². The van der Waals surface area contributed by atoms with Crippen molar-refractivity contribution in [3.8, 4) is 0 Å². The van der Waals surface area contributed by atoms with Gasteiger partial charge >= 0.3 is 0 Å². The highest BCUT2D eigenvalue weighted by atomic mass is 32.2. The largest absolute Gasteiger partial charge is 0.316 e. The highest BCUT2D eigenvalue weighted by Crippen LogP contribution is 2.15. The molecule has 1 aliphatic heterocycles. The maximum Gasteiger partial charge on any atom is 0.240 e. The summed E-state index contributed by atoms with van der Waals surface area (Å²) in [6.45, 7) is 6.30. The number of sulfonamides is 1. The highest BCUT2D eigenvalue weighted by molar-refractivity contribution is 7.89. The number of rotatable bonds is 4. The van der Waals surface area contributed by atoms with Crippen LogP contribution >= 0.6 is 0 Å². The molecule has 1 heterocycles. The molecule has 0 saturated carbocycles. The van der Waals surface area contributed by atoms with E-state index in [0.717, 1.165) is 30.6 Å². The van der Waals surface area contributed by atoms with Gasteiger partial charge in [-0.3, -0.25) is 0 Å². The van der Waals surface area contributed by atoms with Gasteiger partial charge in [-0.05, 0) is 62.5 Å². The van der Waals surface area contributed by atoms with E-state index < -0.39 is 10.0 Å². The van der Waals surface area contributed by atoms with Crippen molar-refractivity contribution in [1.29, 1.82) is 0 Å². The molecule has 1 aliphatic rings. The fraction of sp³-hybridized carbons (Fsp3) is 0.538. The van der Waals surface area contributed by atoms with Crippen molar-refractivity contribution in [2.24, 2.45) is 5.92 Å². The Hall–Kier alpha value is -0.910. The molecule has 1 unspecified atom stereocenters. The number of hydrogen-bond acceptors (Lipinski definition) is 3. The van der Waals surface area contributed by atoms with Crippen LogP contribution in [0, 0.1) is 19.8 Å². The predicted octanol–water partition coefficient (Wildman–Crippen LogP) is 1.19. The molecule has 1 saturated heterocycles. The average Bonchev–Trinajstić information content (AvgIpc) is 2.83. The first-order chi connectivity index (χ1) is 8.49. The fourth-order valence-corrected chi connectivity index (χ4v) is 3.28. The first-order valence-corrected chi connectivity index (χ1v) is 7.75. The van der Waals surface area contributed by atoms with Crippen LogP contribution in [-0.2, 0) is 10.0 Å². The van der Waals surface area contributed by atoms with Gasteiger partial charge in [-0.2, -0.15) is 0 Å². The number of nitrogens with one attached hydrogen (secondary N) is 2. The predicted molar refractivity (Wildman–Crippen MR) is 72.1 cm³/mol. The second-order valence-electron chi connectivity index (χ2n) is 4.96. The average molecular weight is 268 g/mol. The number of benzene rings is 1. The minimum Gasteiger partial charge on any atom is -0.316 e. The smallest absolute Gasteiger partial charge is 0.240 e. The summed E-state index contributed by atoms with van der Waals surface area (Å²) in [5.74, 6) is 0.409. The summed E-state index contributed by atoms with van der Waals surface area (Å²) >= 11 is 0. The van der Waals surface area contributed by atoms with Crippen LogP contribution < -0.4 is 10.0 Å². The van der Waals surface area contributed by atoms with Gasteiger partial charge in [0.2, 0.25) is 10.0 Å². The third-order valence-corrected chi connectivity index (χ3v) is 4.93. The molecule has 1 aromatic rings. The van der Waals surface area contributed by atoms with E-state index in [2.05, 4.69) is 10.0 Å². The van der Waals surface area contributed by atoms with Crippen molar-refractivity contribution in [3.05, 3.63) is 29.3 Å². The summed E-state index contributed by atoms with van der Waals surface area (Å²) in [6, 6.07) is 5.24. The van der Waals surface area contributed by atoms with E-state index >= 15 is 0 Å². The van der Waals surface area contributed by atoms with Crippen LogP contribution in [0.4, 0.5) is 0 Å². The Morgan fingerprint density at radius 2 is 2.11 bits per heavy atom. The topological polar surface area (TPSA) is 58.2 Å². The van der Waals surface area contributed by atoms with Crippen molar-refractivity contribution in [3.63, 3.8) is 0 Å². The molecule has 0 spiro atoms. The molecule has 1 fully saturated rings. The lowest BCUT2D eigenvalue weighted by atomic mass is 10.1. The van der Waals surface area contributed by atoms with Crippen LogP contribution in [0.15, 0.2) is 23.1 Å². The van der Waals surface area contributed by atoms with Crippen LogP contribution in [0.1, 0.15) is 17.5 Å². The Balaban J connectivity index is 2.07. The van der Waals surface area contributed by atoms with Gasteiger partial charge in [0.25, 0.3) is 0 Å². The normalized spacial score (nSPS) is 20.2. The van der Waals surface area contributed by atoms with Crippen LogP contribution in [-0.4, -0.2) is 28.1 Å². The summed E-state index contributed by atoms with van der Waals surface area (Å²) in [5, 5.41) is 3.23. The van der Waals surface area contributed by atoms with Gasteiger partial charge < -0.3 is 5.32 Å². The summed E-state index contributed by atoms with van der Waals surface area (Å²) < 4.78 is 26.9.